The van der Waals surface area contributed by atoms with E-state index in [4.69, 9.17) is 4.74 Å². The number of ether oxygens (including phenoxy) is 1. The van der Waals surface area contributed by atoms with E-state index in [0.29, 0.717) is 0 Å². The second-order valence-corrected chi connectivity index (χ2v) is 4.62. The maximum atomic E-state index is 13.5. The van der Waals surface area contributed by atoms with Gasteiger partial charge in [-0.15, -0.1) is 0 Å². The molecule has 0 bridgehead atoms. The molecule has 0 saturated heterocycles. The van der Waals surface area contributed by atoms with Crippen LogP contribution in [0.4, 0.5) is 8.78 Å². The van der Waals surface area contributed by atoms with Crippen molar-refractivity contribution in [2.24, 2.45) is 0 Å². The highest BCUT2D eigenvalue weighted by molar-refractivity contribution is 5.37. The fourth-order valence-corrected chi connectivity index (χ4v) is 2.26. The van der Waals surface area contributed by atoms with E-state index < -0.39 is 11.6 Å². The summed E-state index contributed by atoms with van der Waals surface area (Å²) < 4.78 is 32.2. The Morgan fingerprint density at radius 2 is 2.12 bits per heavy atom. The number of hydrogen-bond acceptors (Lipinski definition) is 1. The molecule has 0 amide bonds. The normalized spacial score (nSPS) is 18.6. The second-order valence-electron chi connectivity index (χ2n) is 4.62. The summed E-state index contributed by atoms with van der Waals surface area (Å²) in [7, 11) is 0. The highest BCUT2D eigenvalue weighted by Crippen LogP contribution is 2.33. The average molecular weight is 240 g/mol. The first-order valence-electron chi connectivity index (χ1n) is 6.36. The van der Waals surface area contributed by atoms with Gasteiger partial charge in [0.05, 0.1) is 6.10 Å². The maximum absolute atomic E-state index is 13.5. The summed E-state index contributed by atoms with van der Waals surface area (Å²) in [5.41, 5.74) is 0.788. The van der Waals surface area contributed by atoms with Crippen molar-refractivity contribution in [2.75, 3.05) is 0 Å². The Balaban J connectivity index is 2.04. The molecule has 0 fully saturated rings. The number of fused-ring (bicyclic) bond motifs is 1. The van der Waals surface area contributed by atoms with Crippen LogP contribution in [0.25, 0.3) is 0 Å². The molecule has 1 heterocycles. The van der Waals surface area contributed by atoms with E-state index in [1.165, 1.54) is 12.5 Å². The van der Waals surface area contributed by atoms with Gasteiger partial charge in [0.2, 0.25) is 5.82 Å². The lowest BCUT2D eigenvalue weighted by Crippen LogP contribution is -2.23. The van der Waals surface area contributed by atoms with Gasteiger partial charge in [0.1, 0.15) is 0 Å². The third kappa shape index (κ3) is 2.76. The minimum atomic E-state index is -0.831. The Kier molecular flexibility index (Phi) is 3.97. The molecule has 0 N–H and O–H groups in total. The molecule has 0 radical (unpaired) electrons. The lowest BCUT2D eigenvalue weighted by molar-refractivity contribution is 0.151. The third-order valence-electron chi connectivity index (χ3n) is 3.28. The topological polar surface area (TPSA) is 9.23 Å². The molecule has 3 heteroatoms. The van der Waals surface area contributed by atoms with Crippen molar-refractivity contribution in [1.29, 1.82) is 0 Å². The molecule has 1 atom stereocenters. The van der Waals surface area contributed by atoms with Crippen molar-refractivity contribution in [1.82, 2.24) is 0 Å². The minimum absolute atomic E-state index is 0.0466. The van der Waals surface area contributed by atoms with Gasteiger partial charge in [0.25, 0.3) is 0 Å². The Morgan fingerprint density at radius 1 is 1.29 bits per heavy atom. The summed E-state index contributed by atoms with van der Waals surface area (Å²) in [5, 5.41) is 0. The van der Waals surface area contributed by atoms with E-state index in [0.717, 1.165) is 37.7 Å². The van der Waals surface area contributed by atoms with Crippen molar-refractivity contribution in [3.63, 3.8) is 0 Å². The van der Waals surface area contributed by atoms with Gasteiger partial charge in [-0.2, -0.15) is 4.39 Å². The van der Waals surface area contributed by atoms with Crippen LogP contribution in [0.3, 0.4) is 0 Å². The van der Waals surface area contributed by atoms with Gasteiger partial charge >= 0.3 is 0 Å². The molecule has 0 saturated carbocycles. The van der Waals surface area contributed by atoms with Crippen LogP contribution in [0.5, 0.6) is 5.75 Å². The van der Waals surface area contributed by atoms with Crippen LogP contribution < -0.4 is 4.74 Å². The molecule has 1 aromatic carbocycles. The number of hydrogen-bond donors (Lipinski definition) is 0. The van der Waals surface area contributed by atoms with Crippen molar-refractivity contribution < 1.29 is 13.5 Å². The maximum Gasteiger partial charge on any atom is 0.200 e. The van der Waals surface area contributed by atoms with E-state index in [1.54, 1.807) is 6.07 Å². The van der Waals surface area contributed by atoms with Gasteiger partial charge in [0.15, 0.2) is 11.6 Å². The van der Waals surface area contributed by atoms with Crippen molar-refractivity contribution in [3.8, 4) is 5.75 Å². The van der Waals surface area contributed by atoms with Crippen molar-refractivity contribution in [2.45, 2.75) is 51.6 Å². The summed E-state index contributed by atoms with van der Waals surface area (Å²) in [4.78, 5) is 0. The summed E-state index contributed by atoms with van der Waals surface area (Å²) in [5.74, 6) is -1.52. The van der Waals surface area contributed by atoms with Gasteiger partial charge in [0, 0.05) is 0 Å². The standard InChI is InChI=1S/C14H18F2O/c1-2-3-4-5-11-8-6-10-7-9-12(15)13(16)14(10)17-11/h7,9,11H,2-6,8H2,1H3. The Morgan fingerprint density at radius 3 is 2.88 bits per heavy atom. The molecule has 1 nitrogen and oxygen atoms in total. The monoisotopic (exact) mass is 240 g/mol. The predicted octanol–water partition coefficient (Wildman–Crippen LogP) is 4.24. The summed E-state index contributed by atoms with van der Waals surface area (Å²) >= 11 is 0. The zero-order chi connectivity index (χ0) is 12.3. The second kappa shape index (κ2) is 5.48. The highest BCUT2D eigenvalue weighted by Gasteiger charge is 2.24. The van der Waals surface area contributed by atoms with Crippen molar-refractivity contribution >= 4 is 0 Å². The highest BCUT2D eigenvalue weighted by atomic mass is 19.2. The van der Waals surface area contributed by atoms with Gasteiger partial charge < -0.3 is 4.74 Å². The van der Waals surface area contributed by atoms with Crippen LogP contribution in [-0.4, -0.2) is 6.10 Å². The summed E-state index contributed by atoms with van der Waals surface area (Å²) in [6.07, 6.45) is 6.08. The third-order valence-corrected chi connectivity index (χ3v) is 3.28. The zero-order valence-electron chi connectivity index (χ0n) is 10.1. The van der Waals surface area contributed by atoms with Crippen LogP contribution >= 0.6 is 0 Å². The Hall–Kier alpha value is -1.12. The molecule has 17 heavy (non-hydrogen) atoms. The molecule has 94 valence electrons. The number of benzene rings is 1. The first-order chi connectivity index (χ1) is 8.22. The van der Waals surface area contributed by atoms with Crippen LogP contribution in [0.15, 0.2) is 12.1 Å². The number of rotatable bonds is 4. The molecule has 1 aliphatic heterocycles. The molecule has 0 spiro atoms. The fourth-order valence-electron chi connectivity index (χ4n) is 2.26. The molecular formula is C14H18F2O. The summed E-state index contributed by atoms with van der Waals surface area (Å²) in [6.45, 7) is 2.14. The number of halogens is 2. The Bertz CT molecular complexity index is 390. The molecule has 1 aromatic rings. The molecule has 1 aliphatic rings. The molecule has 0 aromatic heterocycles. The quantitative estimate of drug-likeness (QED) is 0.715. The number of aryl methyl sites for hydroxylation is 1. The largest absolute Gasteiger partial charge is 0.487 e. The van der Waals surface area contributed by atoms with Gasteiger partial charge in [-0.1, -0.05) is 25.8 Å². The molecular weight excluding hydrogens is 222 g/mol. The van der Waals surface area contributed by atoms with Crippen LogP contribution in [0.2, 0.25) is 0 Å². The molecule has 2 rings (SSSR count). The van der Waals surface area contributed by atoms with E-state index in [9.17, 15) is 8.78 Å². The van der Waals surface area contributed by atoms with Gasteiger partial charge in [-0.25, -0.2) is 4.39 Å². The van der Waals surface area contributed by atoms with Gasteiger partial charge in [-0.3, -0.25) is 0 Å². The summed E-state index contributed by atoms with van der Waals surface area (Å²) in [6, 6.07) is 2.80. The first-order valence-corrected chi connectivity index (χ1v) is 6.36. The smallest absolute Gasteiger partial charge is 0.200 e. The van der Waals surface area contributed by atoms with Crippen LogP contribution in [0, 0.1) is 11.6 Å². The molecule has 1 unspecified atom stereocenters. The predicted molar refractivity (Wildman–Crippen MR) is 63.2 cm³/mol. The Labute approximate surface area is 101 Å². The SMILES string of the molecule is CCCCCC1CCc2ccc(F)c(F)c2O1. The lowest BCUT2D eigenvalue weighted by Gasteiger charge is -2.26. The van der Waals surface area contributed by atoms with E-state index in [2.05, 4.69) is 6.92 Å². The van der Waals surface area contributed by atoms with E-state index >= 15 is 0 Å². The van der Waals surface area contributed by atoms with Crippen molar-refractivity contribution in [3.05, 3.63) is 29.3 Å². The number of unbranched alkanes of at least 4 members (excludes halogenated alkanes) is 2. The van der Waals surface area contributed by atoms with E-state index in [-0.39, 0.29) is 11.9 Å². The minimum Gasteiger partial charge on any atom is -0.487 e. The first kappa shape index (κ1) is 12.3. The lowest BCUT2D eigenvalue weighted by atomic mass is 9.98. The van der Waals surface area contributed by atoms with Crippen LogP contribution in [-0.2, 0) is 6.42 Å². The van der Waals surface area contributed by atoms with E-state index in [1.807, 2.05) is 0 Å². The van der Waals surface area contributed by atoms with Crippen LogP contribution in [0.1, 0.15) is 44.6 Å². The zero-order valence-corrected chi connectivity index (χ0v) is 10.1. The van der Waals surface area contributed by atoms with Gasteiger partial charge in [-0.05, 0) is 37.3 Å². The average Bonchev–Trinajstić information content (AvgIpc) is 2.35. The fraction of sp³-hybridized carbons (Fsp3) is 0.571. The molecule has 0 aliphatic carbocycles.